The quantitative estimate of drug-likeness (QED) is 0.360. The molecule has 6 nitrogen and oxygen atoms in total. The summed E-state index contributed by atoms with van der Waals surface area (Å²) in [4.78, 5) is 40.0. The summed E-state index contributed by atoms with van der Waals surface area (Å²) in [5, 5.41) is 0. The predicted molar refractivity (Wildman–Crippen MR) is 141 cm³/mol. The van der Waals surface area contributed by atoms with E-state index < -0.39 is 11.4 Å². The highest BCUT2D eigenvalue weighted by molar-refractivity contribution is 6.36. The Bertz CT molecular complexity index is 1510. The molecule has 0 aliphatic carbocycles. The fourth-order valence-corrected chi connectivity index (χ4v) is 6.18. The number of carbonyl (C=O) groups excluding carboxylic acids is 2. The Morgan fingerprint density at radius 2 is 1.95 bits per heavy atom. The van der Waals surface area contributed by atoms with Gasteiger partial charge in [0, 0.05) is 30.4 Å². The molecule has 0 saturated heterocycles. The maximum absolute atomic E-state index is 14.6. The number of amides is 1. The molecule has 1 atom stereocenters. The summed E-state index contributed by atoms with van der Waals surface area (Å²) in [5.74, 6) is -0.351. The van der Waals surface area contributed by atoms with E-state index in [1.807, 2.05) is 19.9 Å². The molecular formula is C30H29FN4O2. The molecular weight excluding hydrogens is 467 g/mol. The average molecular weight is 497 g/mol. The number of carbonyl (C=O) groups is 2. The Hall–Kier alpha value is -3.87. The lowest BCUT2D eigenvalue weighted by molar-refractivity contribution is -0.114. The highest BCUT2D eigenvalue weighted by atomic mass is 19.1. The van der Waals surface area contributed by atoms with Gasteiger partial charge in [0.1, 0.15) is 5.82 Å². The molecule has 1 unspecified atom stereocenters. The normalized spacial score (nSPS) is 20.7. The number of hydrogen-bond acceptors (Lipinski definition) is 5. The first-order chi connectivity index (χ1) is 17.6. The van der Waals surface area contributed by atoms with Crippen LogP contribution >= 0.6 is 0 Å². The number of ketones is 1. The van der Waals surface area contributed by atoms with E-state index in [0.29, 0.717) is 29.2 Å². The average Bonchev–Trinajstić information content (AvgIpc) is 3.14. The maximum Gasteiger partial charge on any atom is 0.259 e. The van der Waals surface area contributed by atoms with Gasteiger partial charge in [-0.25, -0.2) is 14.4 Å². The minimum absolute atomic E-state index is 0.100. The molecule has 3 aliphatic rings. The minimum Gasteiger partial charge on any atom is -0.336 e. The molecule has 7 heteroatoms. The smallest absolute Gasteiger partial charge is 0.259 e. The van der Waals surface area contributed by atoms with Crippen molar-refractivity contribution < 1.29 is 14.0 Å². The van der Waals surface area contributed by atoms with Gasteiger partial charge in [-0.1, -0.05) is 31.2 Å². The van der Waals surface area contributed by atoms with Crippen molar-refractivity contribution in [2.24, 2.45) is 0 Å². The Labute approximate surface area is 215 Å². The summed E-state index contributed by atoms with van der Waals surface area (Å²) in [5.41, 5.74) is 5.27. The minimum atomic E-state index is -0.442. The molecule has 1 aromatic heterocycles. The van der Waals surface area contributed by atoms with Crippen LogP contribution in [-0.2, 0) is 17.8 Å². The molecule has 1 amide bonds. The van der Waals surface area contributed by atoms with Gasteiger partial charge in [-0.05, 0) is 74.4 Å². The molecule has 2 aromatic carbocycles. The number of rotatable bonds is 3. The van der Waals surface area contributed by atoms with Gasteiger partial charge in [-0.2, -0.15) is 0 Å². The number of allylic oxidation sites excluding steroid dienone is 1. The van der Waals surface area contributed by atoms with E-state index in [0.717, 1.165) is 30.8 Å². The standard InChI is InChI=1S/C30H29FN4O2/c1-17-14-30(3,4)35-27-22(17)11-21(31)12-23(27)24(28(35)37)13-26(36)25-15-32-29(33-18(25)2)34-10-9-19-7-5-6-8-20(19)16-34/h5-8,11-13,15,17H,9-10,14,16H2,1-4H3/b24-13+. The zero-order valence-electron chi connectivity index (χ0n) is 21.5. The van der Waals surface area contributed by atoms with E-state index >= 15 is 0 Å². The van der Waals surface area contributed by atoms with Crippen LogP contribution in [0.3, 0.4) is 0 Å². The Morgan fingerprint density at radius 1 is 1.19 bits per heavy atom. The fraction of sp³-hybridized carbons (Fsp3) is 0.333. The topological polar surface area (TPSA) is 66.4 Å². The Morgan fingerprint density at radius 3 is 2.70 bits per heavy atom. The van der Waals surface area contributed by atoms with Gasteiger partial charge in [0.25, 0.3) is 5.91 Å². The number of aryl methyl sites for hydroxylation is 1. The van der Waals surface area contributed by atoms with Crippen LogP contribution in [0.5, 0.6) is 0 Å². The van der Waals surface area contributed by atoms with Gasteiger partial charge >= 0.3 is 0 Å². The first-order valence-corrected chi connectivity index (χ1v) is 12.7. The van der Waals surface area contributed by atoms with E-state index in [9.17, 15) is 14.0 Å². The molecule has 0 fully saturated rings. The second kappa shape index (κ2) is 8.33. The third kappa shape index (κ3) is 3.76. The van der Waals surface area contributed by atoms with E-state index in [1.165, 1.54) is 35.5 Å². The number of halogens is 1. The van der Waals surface area contributed by atoms with Crippen LogP contribution in [0.4, 0.5) is 16.0 Å². The van der Waals surface area contributed by atoms with E-state index in [-0.39, 0.29) is 23.2 Å². The zero-order valence-corrected chi connectivity index (χ0v) is 21.5. The highest BCUT2D eigenvalue weighted by Gasteiger charge is 2.47. The molecule has 0 N–H and O–H groups in total. The summed E-state index contributed by atoms with van der Waals surface area (Å²) in [6.45, 7) is 9.38. The number of nitrogens with zero attached hydrogens (tertiary/aromatic N) is 4. The van der Waals surface area contributed by atoms with Crippen molar-refractivity contribution in [3.63, 3.8) is 0 Å². The van der Waals surface area contributed by atoms with Gasteiger partial charge < -0.3 is 9.80 Å². The summed E-state index contributed by atoms with van der Waals surface area (Å²) in [6.07, 6.45) is 4.50. The summed E-state index contributed by atoms with van der Waals surface area (Å²) < 4.78 is 14.6. The van der Waals surface area contributed by atoms with Crippen LogP contribution in [0.1, 0.15) is 71.4 Å². The van der Waals surface area contributed by atoms with Crippen molar-refractivity contribution in [3.8, 4) is 0 Å². The fourth-order valence-electron chi connectivity index (χ4n) is 6.18. The molecule has 0 spiro atoms. The molecule has 3 aliphatic heterocycles. The molecule has 3 aromatic rings. The number of fused-ring (bicyclic) bond motifs is 1. The second-order valence-corrected chi connectivity index (χ2v) is 11.0. The van der Waals surface area contributed by atoms with Gasteiger partial charge in [0.05, 0.1) is 22.5 Å². The van der Waals surface area contributed by atoms with Gasteiger partial charge in [-0.15, -0.1) is 0 Å². The Kier molecular flexibility index (Phi) is 5.30. The SMILES string of the molecule is Cc1nc(N2CCc3ccccc3C2)ncc1C(=O)/C=C1/C(=O)N2c3c1cc(F)cc3C(C)CC2(C)C. The van der Waals surface area contributed by atoms with Gasteiger partial charge in [0.2, 0.25) is 5.95 Å². The van der Waals surface area contributed by atoms with Crippen LogP contribution < -0.4 is 9.80 Å². The van der Waals surface area contributed by atoms with Crippen molar-refractivity contribution in [3.05, 3.63) is 88.0 Å². The van der Waals surface area contributed by atoms with Crippen LogP contribution in [0.25, 0.3) is 5.57 Å². The first-order valence-electron chi connectivity index (χ1n) is 12.7. The Balaban J connectivity index is 1.33. The molecule has 6 rings (SSSR count). The van der Waals surface area contributed by atoms with Crippen molar-refractivity contribution in [2.45, 2.75) is 58.5 Å². The number of hydrogen-bond donors (Lipinski definition) is 0. The van der Waals surface area contributed by atoms with Crippen molar-refractivity contribution >= 4 is 28.9 Å². The van der Waals surface area contributed by atoms with E-state index in [1.54, 1.807) is 11.8 Å². The van der Waals surface area contributed by atoms with Crippen LogP contribution in [-0.4, -0.2) is 33.7 Å². The molecule has 0 saturated carbocycles. The number of benzene rings is 2. The van der Waals surface area contributed by atoms with Gasteiger partial charge in [-0.3, -0.25) is 9.59 Å². The lowest BCUT2D eigenvalue weighted by atomic mass is 9.80. The van der Waals surface area contributed by atoms with Crippen molar-refractivity contribution in [2.75, 3.05) is 16.3 Å². The van der Waals surface area contributed by atoms with Crippen molar-refractivity contribution in [1.29, 1.82) is 0 Å². The maximum atomic E-state index is 14.6. The van der Waals surface area contributed by atoms with E-state index in [4.69, 9.17) is 0 Å². The highest BCUT2D eigenvalue weighted by Crippen LogP contribution is 2.52. The summed E-state index contributed by atoms with van der Waals surface area (Å²) in [7, 11) is 0. The zero-order chi connectivity index (χ0) is 26.1. The summed E-state index contributed by atoms with van der Waals surface area (Å²) in [6, 6.07) is 11.2. The van der Waals surface area contributed by atoms with Crippen LogP contribution in [0.15, 0.2) is 48.7 Å². The second-order valence-electron chi connectivity index (χ2n) is 11.0. The number of aromatic nitrogens is 2. The first kappa shape index (κ1) is 23.5. The molecule has 37 heavy (non-hydrogen) atoms. The van der Waals surface area contributed by atoms with Crippen LogP contribution in [0, 0.1) is 12.7 Å². The van der Waals surface area contributed by atoms with Crippen LogP contribution in [0.2, 0.25) is 0 Å². The lowest BCUT2D eigenvalue weighted by Crippen LogP contribution is -2.49. The van der Waals surface area contributed by atoms with E-state index in [2.05, 4.69) is 40.0 Å². The third-order valence-electron chi connectivity index (χ3n) is 7.91. The predicted octanol–water partition coefficient (Wildman–Crippen LogP) is 5.39. The third-order valence-corrected chi connectivity index (χ3v) is 7.91. The monoisotopic (exact) mass is 496 g/mol. The number of anilines is 2. The van der Waals surface area contributed by atoms with Crippen molar-refractivity contribution in [1.82, 2.24) is 9.97 Å². The van der Waals surface area contributed by atoms with Gasteiger partial charge in [0.15, 0.2) is 5.78 Å². The molecule has 0 radical (unpaired) electrons. The lowest BCUT2D eigenvalue weighted by Gasteiger charge is -2.43. The molecule has 4 heterocycles. The largest absolute Gasteiger partial charge is 0.336 e. The summed E-state index contributed by atoms with van der Waals surface area (Å²) >= 11 is 0. The molecule has 188 valence electrons. The molecule has 0 bridgehead atoms.